The molecular weight excluding hydrogens is 197 g/mol. The molecule has 78 valence electrons. The van der Waals surface area contributed by atoms with Gasteiger partial charge in [-0.1, -0.05) is 13.8 Å². The molecule has 0 radical (unpaired) electrons. The molecular formula is C11H16FNS. The van der Waals surface area contributed by atoms with Gasteiger partial charge < -0.3 is 5.73 Å². The molecule has 0 aliphatic rings. The van der Waals surface area contributed by atoms with E-state index in [1.807, 2.05) is 0 Å². The van der Waals surface area contributed by atoms with Gasteiger partial charge in [-0.3, -0.25) is 0 Å². The fourth-order valence-electron chi connectivity index (χ4n) is 1.15. The summed E-state index contributed by atoms with van der Waals surface area (Å²) in [4.78, 5) is 1.07. The summed E-state index contributed by atoms with van der Waals surface area (Å²) in [5.74, 6) is -0.193. The molecule has 2 unspecified atom stereocenters. The highest BCUT2D eigenvalue weighted by Crippen LogP contribution is 2.25. The Morgan fingerprint density at radius 1 is 1.36 bits per heavy atom. The Hall–Kier alpha value is -0.540. The van der Waals surface area contributed by atoms with Gasteiger partial charge in [0.25, 0.3) is 0 Å². The average Bonchev–Trinajstić information content (AvgIpc) is 2.20. The minimum Gasteiger partial charge on any atom is -0.327 e. The molecule has 0 heterocycles. The Kier molecular flexibility index (Phi) is 4.42. The normalized spacial score (nSPS) is 15.1. The van der Waals surface area contributed by atoms with Crippen LogP contribution in [0.25, 0.3) is 0 Å². The fourth-order valence-corrected chi connectivity index (χ4v) is 2.24. The summed E-state index contributed by atoms with van der Waals surface area (Å²) in [5.41, 5.74) is 5.90. The minimum atomic E-state index is -0.193. The Balaban J connectivity index is 2.56. The summed E-state index contributed by atoms with van der Waals surface area (Å²) in [6, 6.07) is 6.74. The Morgan fingerprint density at radius 2 is 1.93 bits per heavy atom. The van der Waals surface area contributed by atoms with Crippen molar-refractivity contribution < 1.29 is 4.39 Å². The molecule has 0 saturated carbocycles. The molecule has 2 atom stereocenters. The van der Waals surface area contributed by atoms with Crippen molar-refractivity contribution in [1.29, 1.82) is 0 Å². The quantitative estimate of drug-likeness (QED) is 0.778. The molecule has 0 saturated heterocycles. The fraction of sp³-hybridized carbons (Fsp3) is 0.455. The zero-order valence-corrected chi connectivity index (χ0v) is 9.35. The highest BCUT2D eigenvalue weighted by molar-refractivity contribution is 8.00. The van der Waals surface area contributed by atoms with Crippen LogP contribution in [0.5, 0.6) is 0 Å². The number of nitrogens with two attached hydrogens (primary N) is 1. The van der Waals surface area contributed by atoms with Gasteiger partial charge in [0.05, 0.1) is 0 Å². The zero-order valence-electron chi connectivity index (χ0n) is 8.53. The lowest BCUT2D eigenvalue weighted by atomic mass is 10.2. The highest BCUT2D eigenvalue weighted by atomic mass is 32.2. The molecule has 0 spiro atoms. The van der Waals surface area contributed by atoms with Crippen LogP contribution in [-0.2, 0) is 0 Å². The third-order valence-corrected chi connectivity index (χ3v) is 3.48. The Labute approximate surface area is 88.9 Å². The van der Waals surface area contributed by atoms with Gasteiger partial charge in [0, 0.05) is 16.2 Å². The van der Waals surface area contributed by atoms with Crippen molar-refractivity contribution >= 4 is 11.8 Å². The zero-order chi connectivity index (χ0) is 10.6. The molecule has 0 fully saturated rings. The molecule has 0 bridgehead atoms. The topological polar surface area (TPSA) is 26.0 Å². The van der Waals surface area contributed by atoms with Crippen LogP contribution < -0.4 is 5.73 Å². The monoisotopic (exact) mass is 213 g/mol. The summed E-state index contributed by atoms with van der Waals surface area (Å²) in [7, 11) is 0. The van der Waals surface area contributed by atoms with E-state index in [4.69, 9.17) is 5.73 Å². The number of benzene rings is 1. The predicted octanol–water partition coefficient (Wildman–Crippen LogP) is 3.04. The number of hydrogen-bond acceptors (Lipinski definition) is 2. The van der Waals surface area contributed by atoms with Crippen LogP contribution in [-0.4, -0.2) is 11.3 Å². The van der Waals surface area contributed by atoms with Crippen LogP contribution in [0, 0.1) is 5.82 Å². The van der Waals surface area contributed by atoms with Crippen LogP contribution in [0.3, 0.4) is 0 Å². The molecule has 0 aromatic heterocycles. The number of thioether (sulfide) groups is 1. The van der Waals surface area contributed by atoms with Gasteiger partial charge in [0.2, 0.25) is 0 Å². The number of rotatable bonds is 4. The van der Waals surface area contributed by atoms with Crippen molar-refractivity contribution in [3.05, 3.63) is 30.1 Å². The van der Waals surface area contributed by atoms with Gasteiger partial charge >= 0.3 is 0 Å². The van der Waals surface area contributed by atoms with Crippen LogP contribution in [0.2, 0.25) is 0 Å². The van der Waals surface area contributed by atoms with E-state index < -0.39 is 0 Å². The molecule has 0 amide bonds. The lowest BCUT2D eigenvalue weighted by molar-refractivity contribution is 0.626. The Bertz CT molecular complexity index is 273. The Morgan fingerprint density at radius 3 is 2.43 bits per heavy atom. The van der Waals surface area contributed by atoms with E-state index in [1.54, 1.807) is 23.9 Å². The van der Waals surface area contributed by atoms with Gasteiger partial charge in [-0.2, -0.15) is 0 Å². The third-order valence-electron chi connectivity index (χ3n) is 2.21. The molecule has 14 heavy (non-hydrogen) atoms. The lowest BCUT2D eigenvalue weighted by Gasteiger charge is -2.17. The largest absolute Gasteiger partial charge is 0.327 e. The van der Waals surface area contributed by atoms with E-state index in [9.17, 15) is 4.39 Å². The van der Waals surface area contributed by atoms with E-state index in [-0.39, 0.29) is 11.9 Å². The molecule has 1 nitrogen and oxygen atoms in total. The summed E-state index contributed by atoms with van der Waals surface area (Å²) < 4.78 is 12.6. The van der Waals surface area contributed by atoms with Crippen molar-refractivity contribution in [2.24, 2.45) is 5.73 Å². The van der Waals surface area contributed by atoms with Gasteiger partial charge in [-0.15, -0.1) is 11.8 Å². The van der Waals surface area contributed by atoms with Crippen LogP contribution >= 0.6 is 11.8 Å². The van der Waals surface area contributed by atoms with E-state index >= 15 is 0 Å². The first-order chi connectivity index (χ1) is 6.63. The minimum absolute atomic E-state index is 0.193. The number of halogens is 1. The number of hydrogen-bond donors (Lipinski definition) is 1. The van der Waals surface area contributed by atoms with Gasteiger partial charge in [0.1, 0.15) is 5.82 Å². The van der Waals surface area contributed by atoms with Crippen LogP contribution in [0.4, 0.5) is 4.39 Å². The standard InChI is InChI=1S/C11H16FNS/c1-3-11(13)8(2)14-10-6-4-9(12)5-7-10/h4-8,11H,3,13H2,1-2H3. The van der Waals surface area contributed by atoms with Crippen molar-refractivity contribution in [2.75, 3.05) is 0 Å². The summed E-state index contributed by atoms with van der Waals surface area (Å²) in [6.07, 6.45) is 0.968. The average molecular weight is 213 g/mol. The maximum absolute atomic E-state index is 12.6. The highest BCUT2D eigenvalue weighted by Gasteiger charge is 2.11. The van der Waals surface area contributed by atoms with E-state index in [2.05, 4.69) is 13.8 Å². The SMILES string of the molecule is CCC(N)C(C)Sc1ccc(F)cc1. The van der Waals surface area contributed by atoms with Gasteiger partial charge in [-0.05, 0) is 30.7 Å². The molecule has 1 rings (SSSR count). The van der Waals surface area contributed by atoms with Crippen molar-refractivity contribution in [1.82, 2.24) is 0 Å². The smallest absolute Gasteiger partial charge is 0.123 e. The molecule has 2 N–H and O–H groups in total. The molecule has 0 aliphatic heterocycles. The summed E-state index contributed by atoms with van der Waals surface area (Å²) in [6.45, 7) is 4.18. The predicted molar refractivity (Wildman–Crippen MR) is 60.0 cm³/mol. The van der Waals surface area contributed by atoms with Crippen molar-refractivity contribution in [2.45, 2.75) is 36.5 Å². The second-order valence-electron chi connectivity index (χ2n) is 3.35. The maximum Gasteiger partial charge on any atom is 0.123 e. The van der Waals surface area contributed by atoms with E-state index in [0.29, 0.717) is 5.25 Å². The third kappa shape index (κ3) is 3.31. The van der Waals surface area contributed by atoms with Gasteiger partial charge in [-0.25, -0.2) is 4.39 Å². The summed E-state index contributed by atoms with van der Waals surface area (Å²) in [5, 5.41) is 0.366. The van der Waals surface area contributed by atoms with Crippen LogP contribution in [0.15, 0.2) is 29.2 Å². The molecule has 0 aliphatic carbocycles. The van der Waals surface area contributed by atoms with Crippen molar-refractivity contribution in [3.8, 4) is 0 Å². The molecule has 1 aromatic rings. The maximum atomic E-state index is 12.6. The first-order valence-corrected chi connectivity index (χ1v) is 5.69. The first kappa shape index (κ1) is 11.5. The van der Waals surface area contributed by atoms with E-state index in [1.165, 1.54) is 12.1 Å². The van der Waals surface area contributed by atoms with Gasteiger partial charge in [0.15, 0.2) is 0 Å². The second kappa shape index (κ2) is 5.37. The summed E-state index contributed by atoms with van der Waals surface area (Å²) >= 11 is 1.69. The lowest BCUT2D eigenvalue weighted by Crippen LogP contribution is -2.29. The molecule has 1 aromatic carbocycles. The van der Waals surface area contributed by atoms with Crippen LogP contribution in [0.1, 0.15) is 20.3 Å². The molecule has 3 heteroatoms. The second-order valence-corrected chi connectivity index (χ2v) is 4.80. The van der Waals surface area contributed by atoms with E-state index in [0.717, 1.165) is 11.3 Å². The first-order valence-electron chi connectivity index (χ1n) is 4.81. The van der Waals surface area contributed by atoms with Crippen molar-refractivity contribution in [3.63, 3.8) is 0 Å².